The number of halogens is 1. The highest BCUT2D eigenvalue weighted by Gasteiger charge is 2.23. The number of carbonyl (C=O) groups excluding carboxylic acids is 1. The van der Waals surface area contributed by atoms with Crippen LogP contribution in [0.5, 0.6) is 5.75 Å². The first-order chi connectivity index (χ1) is 14.7. The quantitative estimate of drug-likeness (QED) is 0.550. The van der Waals surface area contributed by atoms with Crippen molar-refractivity contribution in [1.82, 2.24) is 14.8 Å². The maximum absolute atomic E-state index is 12.5. The van der Waals surface area contributed by atoms with Gasteiger partial charge in [-0.1, -0.05) is 41.6 Å². The number of para-hydroxylation sites is 2. The van der Waals surface area contributed by atoms with E-state index in [4.69, 9.17) is 16.3 Å². The van der Waals surface area contributed by atoms with E-state index in [0.29, 0.717) is 21.6 Å². The molecule has 30 heavy (non-hydrogen) atoms. The summed E-state index contributed by atoms with van der Waals surface area (Å²) in [5.74, 6) is 1.45. The highest BCUT2D eigenvalue weighted by Crippen LogP contribution is 2.30. The number of nitrogens with zero attached hydrogens (tertiary/aromatic N) is 4. The number of rotatable bonds is 7. The molecule has 4 rings (SSSR count). The Morgan fingerprint density at radius 3 is 2.73 bits per heavy atom. The Balaban J connectivity index is 1.54. The summed E-state index contributed by atoms with van der Waals surface area (Å²) >= 11 is 7.56. The Morgan fingerprint density at radius 2 is 1.97 bits per heavy atom. The summed E-state index contributed by atoms with van der Waals surface area (Å²) in [6, 6.07) is 14.9. The smallest absolute Gasteiger partial charge is 0.234 e. The molecule has 0 aliphatic carbocycles. The first kappa shape index (κ1) is 20.6. The predicted octanol–water partition coefficient (Wildman–Crippen LogP) is 4.26. The van der Waals surface area contributed by atoms with E-state index in [2.05, 4.69) is 20.4 Å². The molecule has 0 radical (unpaired) electrons. The molecule has 1 amide bonds. The van der Waals surface area contributed by atoms with Gasteiger partial charge in [0.25, 0.3) is 0 Å². The average molecular weight is 444 g/mol. The molecule has 7 nitrogen and oxygen atoms in total. The summed E-state index contributed by atoms with van der Waals surface area (Å²) in [5.41, 5.74) is 1.52. The van der Waals surface area contributed by atoms with Gasteiger partial charge in [0, 0.05) is 18.1 Å². The first-order valence-corrected chi connectivity index (χ1v) is 11.0. The van der Waals surface area contributed by atoms with Gasteiger partial charge in [0.1, 0.15) is 5.75 Å². The number of hydrogen-bond acceptors (Lipinski definition) is 6. The van der Waals surface area contributed by atoms with Gasteiger partial charge in [-0.25, -0.2) is 0 Å². The monoisotopic (exact) mass is 443 g/mol. The van der Waals surface area contributed by atoms with Crippen LogP contribution in [-0.4, -0.2) is 46.6 Å². The zero-order valence-electron chi connectivity index (χ0n) is 16.5. The van der Waals surface area contributed by atoms with Crippen LogP contribution in [0.1, 0.15) is 12.8 Å². The molecule has 9 heteroatoms. The van der Waals surface area contributed by atoms with Crippen molar-refractivity contribution in [2.24, 2.45) is 0 Å². The number of hydrogen-bond donors (Lipinski definition) is 1. The molecule has 1 N–H and O–H groups in total. The summed E-state index contributed by atoms with van der Waals surface area (Å²) in [7, 11) is 1.58. The predicted molar refractivity (Wildman–Crippen MR) is 120 cm³/mol. The van der Waals surface area contributed by atoms with Crippen LogP contribution in [0.15, 0.2) is 53.7 Å². The molecule has 0 saturated carbocycles. The van der Waals surface area contributed by atoms with Crippen LogP contribution in [-0.2, 0) is 4.79 Å². The van der Waals surface area contributed by atoms with Gasteiger partial charge >= 0.3 is 0 Å². The van der Waals surface area contributed by atoms with Crippen molar-refractivity contribution < 1.29 is 9.53 Å². The number of ether oxygens (including phenoxy) is 1. The van der Waals surface area contributed by atoms with Gasteiger partial charge in [-0.2, -0.15) is 0 Å². The van der Waals surface area contributed by atoms with Crippen molar-refractivity contribution in [2.75, 3.05) is 36.2 Å². The molecular formula is C21H22ClN5O2S. The molecule has 156 valence electrons. The molecule has 0 bridgehead atoms. The van der Waals surface area contributed by atoms with Crippen LogP contribution in [0.25, 0.3) is 5.69 Å². The number of benzene rings is 2. The van der Waals surface area contributed by atoms with E-state index in [0.717, 1.165) is 37.6 Å². The molecule has 1 aliphatic rings. The van der Waals surface area contributed by atoms with Crippen molar-refractivity contribution in [3.8, 4) is 11.4 Å². The third-order valence-electron chi connectivity index (χ3n) is 4.79. The second-order valence-electron chi connectivity index (χ2n) is 6.83. The molecule has 1 fully saturated rings. The lowest BCUT2D eigenvalue weighted by Crippen LogP contribution is -2.22. The van der Waals surface area contributed by atoms with Crippen LogP contribution < -0.4 is 15.0 Å². The summed E-state index contributed by atoms with van der Waals surface area (Å²) < 4.78 is 7.26. The molecule has 1 saturated heterocycles. The number of methoxy groups -OCH3 is 1. The van der Waals surface area contributed by atoms with Gasteiger partial charge in [-0.3, -0.25) is 9.36 Å². The number of anilines is 2. The number of amides is 1. The van der Waals surface area contributed by atoms with Crippen molar-refractivity contribution in [3.05, 3.63) is 53.6 Å². The van der Waals surface area contributed by atoms with E-state index in [9.17, 15) is 4.79 Å². The zero-order chi connectivity index (χ0) is 20.9. The second kappa shape index (κ2) is 9.40. The van der Waals surface area contributed by atoms with Gasteiger partial charge in [0.2, 0.25) is 11.9 Å². The Labute approximate surface area is 184 Å². The minimum Gasteiger partial charge on any atom is -0.495 e. The summed E-state index contributed by atoms with van der Waals surface area (Å²) in [4.78, 5) is 14.8. The first-order valence-electron chi connectivity index (χ1n) is 9.67. The average Bonchev–Trinajstić information content (AvgIpc) is 3.42. The Hall–Kier alpha value is -2.71. The summed E-state index contributed by atoms with van der Waals surface area (Å²) in [5, 5.41) is 13.0. The van der Waals surface area contributed by atoms with Gasteiger partial charge in [-0.05, 0) is 43.2 Å². The Bertz CT molecular complexity index is 1040. The summed E-state index contributed by atoms with van der Waals surface area (Å²) in [6.45, 7) is 1.88. The van der Waals surface area contributed by atoms with Gasteiger partial charge in [0.15, 0.2) is 5.16 Å². The Morgan fingerprint density at radius 1 is 1.17 bits per heavy atom. The number of carbonyl (C=O) groups is 1. The number of nitrogens with one attached hydrogen (secondary N) is 1. The van der Waals surface area contributed by atoms with Gasteiger partial charge in [0.05, 0.1) is 24.2 Å². The van der Waals surface area contributed by atoms with Crippen LogP contribution in [0.4, 0.5) is 11.6 Å². The molecule has 1 aliphatic heterocycles. The lowest BCUT2D eigenvalue weighted by molar-refractivity contribution is -0.113. The van der Waals surface area contributed by atoms with E-state index >= 15 is 0 Å². The van der Waals surface area contributed by atoms with E-state index in [1.807, 2.05) is 41.0 Å². The maximum Gasteiger partial charge on any atom is 0.234 e. The van der Waals surface area contributed by atoms with Crippen LogP contribution in [0.2, 0.25) is 5.02 Å². The van der Waals surface area contributed by atoms with E-state index in [1.54, 1.807) is 19.2 Å². The molecule has 2 aromatic carbocycles. The standard InChI is InChI=1S/C21H22ClN5O2S/c1-29-18-10-3-2-9-17(18)23-19(28)14-30-21-25-24-20(26-11-4-5-12-26)27(21)16-8-6-7-15(22)13-16/h2-3,6-10,13H,4-5,11-12,14H2,1H3,(H,23,28). The SMILES string of the molecule is COc1ccccc1NC(=O)CSc1nnc(N2CCCC2)n1-c1cccc(Cl)c1. The molecule has 3 aromatic rings. The molecular weight excluding hydrogens is 422 g/mol. The molecule has 0 spiro atoms. The topological polar surface area (TPSA) is 72.3 Å². The maximum atomic E-state index is 12.5. The lowest BCUT2D eigenvalue weighted by atomic mass is 10.3. The fourth-order valence-electron chi connectivity index (χ4n) is 3.38. The lowest BCUT2D eigenvalue weighted by Gasteiger charge is -2.18. The third-order valence-corrected chi connectivity index (χ3v) is 5.95. The van der Waals surface area contributed by atoms with Crippen LogP contribution >= 0.6 is 23.4 Å². The van der Waals surface area contributed by atoms with Crippen LogP contribution in [0.3, 0.4) is 0 Å². The largest absolute Gasteiger partial charge is 0.495 e. The third kappa shape index (κ3) is 4.55. The zero-order valence-corrected chi connectivity index (χ0v) is 18.1. The molecule has 0 atom stereocenters. The van der Waals surface area contributed by atoms with Crippen molar-refractivity contribution in [1.29, 1.82) is 0 Å². The molecule has 0 unspecified atom stereocenters. The number of aromatic nitrogens is 3. The summed E-state index contributed by atoms with van der Waals surface area (Å²) in [6.07, 6.45) is 2.26. The fourth-order valence-corrected chi connectivity index (χ4v) is 4.31. The van der Waals surface area contributed by atoms with Crippen molar-refractivity contribution in [2.45, 2.75) is 18.0 Å². The van der Waals surface area contributed by atoms with Crippen molar-refractivity contribution >= 4 is 40.9 Å². The van der Waals surface area contributed by atoms with Gasteiger partial charge < -0.3 is 15.0 Å². The van der Waals surface area contributed by atoms with Gasteiger partial charge in [-0.15, -0.1) is 10.2 Å². The normalized spacial score (nSPS) is 13.5. The minimum absolute atomic E-state index is 0.145. The van der Waals surface area contributed by atoms with Crippen molar-refractivity contribution in [3.63, 3.8) is 0 Å². The highest BCUT2D eigenvalue weighted by molar-refractivity contribution is 7.99. The van der Waals surface area contributed by atoms with Crippen LogP contribution in [0, 0.1) is 0 Å². The number of thioether (sulfide) groups is 1. The van der Waals surface area contributed by atoms with E-state index in [1.165, 1.54) is 11.8 Å². The highest BCUT2D eigenvalue weighted by atomic mass is 35.5. The second-order valence-corrected chi connectivity index (χ2v) is 8.21. The molecule has 1 aromatic heterocycles. The van der Waals surface area contributed by atoms with E-state index < -0.39 is 0 Å². The van der Waals surface area contributed by atoms with E-state index in [-0.39, 0.29) is 11.7 Å². The Kier molecular flexibility index (Phi) is 6.44. The fraction of sp³-hybridized carbons (Fsp3) is 0.286. The molecule has 2 heterocycles. The minimum atomic E-state index is -0.145.